The maximum atomic E-state index is 12.9. The molecule has 1 fully saturated rings. The summed E-state index contributed by atoms with van der Waals surface area (Å²) in [5, 5.41) is 26.3. The molecule has 1 aliphatic heterocycles. The van der Waals surface area contributed by atoms with Gasteiger partial charge in [0.2, 0.25) is 16.0 Å². The Balaban J connectivity index is 1.42. The fourth-order valence-corrected chi connectivity index (χ4v) is 5.38. The van der Waals surface area contributed by atoms with Crippen LogP contribution in [0.2, 0.25) is 0 Å². The molecule has 1 saturated heterocycles. The molecule has 0 radical (unpaired) electrons. The summed E-state index contributed by atoms with van der Waals surface area (Å²) in [6.07, 6.45) is 4.40. The first kappa shape index (κ1) is 27.0. The number of aromatic nitrogens is 2. The van der Waals surface area contributed by atoms with Crippen LogP contribution in [-0.2, 0) is 14.8 Å². The van der Waals surface area contributed by atoms with Crippen molar-refractivity contribution in [3.8, 4) is 0 Å². The molecule has 13 heteroatoms. The normalized spacial score (nSPS) is 18.1. The van der Waals surface area contributed by atoms with Crippen LogP contribution in [0.5, 0.6) is 0 Å². The molecule has 0 aliphatic carbocycles. The van der Waals surface area contributed by atoms with Gasteiger partial charge in [0.1, 0.15) is 6.04 Å². The van der Waals surface area contributed by atoms with Gasteiger partial charge in [0.25, 0.3) is 5.91 Å². The molecule has 2 atom stereocenters. The van der Waals surface area contributed by atoms with Crippen LogP contribution in [0.3, 0.4) is 0 Å². The van der Waals surface area contributed by atoms with Gasteiger partial charge in [0.15, 0.2) is 5.72 Å². The van der Waals surface area contributed by atoms with Crippen molar-refractivity contribution in [3.05, 3.63) is 78.6 Å². The van der Waals surface area contributed by atoms with Crippen molar-refractivity contribution in [1.29, 1.82) is 0 Å². The van der Waals surface area contributed by atoms with E-state index in [1.165, 1.54) is 24.3 Å². The van der Waals surface area contributed by atoms with Gasteiger partial charge in [-0.15, -0.1) is 0 Å². The highest BCUT2D eigenvalue weighted by Gasteiger charge is 2.39. The number of carboxylic acids is 1. The van der Waals surface area contributed by atoms with Crippen LogP contribution in [0.15, 0.2) is 78.0 Å². The summed E-state index contributed by atoms with van der Waals surface area (Å²) in [5.74, 6) is -1.64. The number of aliphatic carboxylic acids is 1. The van der Waals surface area contributed by atoms with Crippen LogP contribution in [0, 0.1) is 0 Å². The van der Waals surface area contributed by atoms with Crippen molar-refractivity contribution >= 4 is 33.5 Å². The maximum Gasteiger partial charge on any atom is 0.323 e. The maximum absolute atomic E-state index is 12.9. The highest BCUT2D eigenvalue weighted by atomic mass is 32.2. The summed E-state index contributed by atoms with van der Waals surface area (Å²) >= 11 is 0. The number of nitrogens with one attached hydrogen (secondary N) is 3. The van der Waals surface area contributed by atoms with E-state index in [2.05, 4.69) is 25.3 Å². The number of carbonyl (C=O) groups excluding carboxylic acids is 1. The molecular weight excluding hydrogens is 512 g/mol. The number of aliphatic hydroxyl groups is 1. The van der Waals surface area contributed by atoms with E-state index in [-0.39, 0.29) is 17.0 Å². The third kappa shape index (κ3) is 6.43. The van der Waals surface area contributed by atoms with Crippen molar-refractivity contribution < 1.29 is 28.2 Å². The first-order chi connectivity index (χ1) is 18.2. The molecule has 0 saturated carbocycles. The highest BCUT2D eigenvalue weighted by molar-refractivity contribution is 7.89. The number of rotatable bonds is 11. The van der Waals surface area contributed by atoms with Crippen LogP contribution in [0.25, 0.3) is 0 Å². The van der Waals surface area contributed by atoms with Crippen molar-refractivity contribution in [2.45, 2.75) is 29.5 Å². The first-order valence-corrected chi connectivity index (χ1v) is 13.4. The lowest BCUT2D eigenvalue weighted by atomic mass is 10.1. The fraction of sp³-hybridized carbons (Fsp3) is 0.280. The summed E-state index contributed by atoms with van der Waals surface area (Å²) in [7, 11) is -4.10. The van der Waals surface area contributed by atoms with Crippen LogP contribution in [-0.4, -0.2) is 71.9 Å². The highest BCUT2D eigenvalue weighted by Crippen LogP contribution is 2.33. The number of amides is 1. The quantitative estimate of drug-likeness (QED) is 0.236. The van der Waals surface area contributed by atoms with E-state index in [1.54, 1.807) is 53.7 Å². The second-order valence-electron chi connectivity index (χ2n) is 8.75. The van der Waals surface area contributed by atoms with Gasteiger partial charge in [-0.2, -0.15) is 4.72 Å². The van der Waals surface area contributed by atoms with Gasteiger partial charge in [-0.05, 0) is 49.2 Å². The van der Waals surface area contributed by atoms with Crippen LogP contribution < -0.4 is 20.3 Å². The minimum Gasteiger partial charge on any atom is -0.480 e. The molecule has 1 aromatic heterocycles. The average molecular weight is 541 g/mol. The molecule has 1 aliphatic rings. The van der Waals surface area contributed by atoms with Gasteiger partial charge in [-0.3, -0.25) is 9.59 Å². The van der Waals surface area contributed by atoms with Crippen molar-refractivity contribution in [1.82, 2.24) is 20.0 Å². The number of anilines is 2. The molecule has 4 rings (SSSR count). The summed E-state index contributed by atoms with van der Waals surface area (Å²) < 4.78 is 27.2. The summed E-state index contributed by atoms with van der Waals surface area (Å²) in [4.78, 5) is 34.5. The zero-order chi connectivity index (χ0) is 27.2. The minimum atomic E-state index is -4.10. The Morgan fingerprint density at radius 2 is 1.79 bits per heavy atom. The van der Waals surface area contributed by atoms with Crippen molar-refractivity contribution in [2.75, 3.05) is 29.9 Å². The number of hydrogen-bond donors (Lipinski definition) is 5. The number of sulfonamides is 1. The summed E-state index contributed by atoms with van der Waals surface area (Å²) in [5.41, 5.74) is -0.405. The lowest BCUT2D eigenvalue weighted by Crippen LogP contribution is -2.49. The second-order valence-corrected chi connectivity index (χ2v) is 10.5. The average Bonchev–Trinajstić information content (AvgIpc) is 3.32. The Labute approximate surface area is 219 Å². The number of carbonyl (C=O) groups is 2. The molecule has 1 amide bonds. The number of nitrogens with zero attached hydrogens (tertiary/aromatic N) is 3. The Bertz CT molecular complexity index is 1380. The second kappa shape index (κ2) is 11.5. The van der Waals surface area contributed by atoms with E-state index in [4.69, 9.17) is 0 Å². The van der Waals surface area contributed by atoms with E-state index in [0.29, 0.717) is 24.6 Å². The number of benzene rings is 2. The van der Waals surface area contributed by atoms with E-state index >= 15 is 0 Å². The molecule has 0 bridgehead atoms. The van der Waals surface area contributed by atoms with Gasteiger partial charge < -0.3 is 25.7 Å². The number of carboxylic acid groups (broad SMARTS) is 1. The van der Waals surface area contributed by atoms with E-state index in [1.807, 2.05) is 0 Å². The molecule has 3 aromatic rings. The molecular formula is C25H28N6O6S. The molecule has 2 heterocycles. The largest absolute Gasteiger partial charge is 0.480 e. The van der Waals surface area contributed by atoms with E-state index in [0.717, 1.165) is 6.42 Å². The molecule has 0 unspecified atom stereocenters. The summed E-state index contributed by atoms with van der Waals surface area (Å²) in [6, 6.07) is 14.0. The minimum absolute atomic E-state index is 0.0864. The van der Waals surface area contributed by atoms with E-state index < -0.39 is 40.2 Å². The van der Waals surface area contributed by atoms with Crippen LogP contribution in [0.4, 0.5) is 11.6 Å². The molecule has 5 N–H and O–H groups in total. The zero-order valence-corrected chi connectivity index (χ0v) is 21.1. The third-order valence-corrected chi connectivity index (χ3v) is 7.58. The fourth-order valence-electron chi connectivity index (χ4n) is 4.17. The molecule has 2 aromatic carbocycles. The molecule has 0 spiro atoms. The monoisotopic (exact) mass is 540 g/mol. The Morgan fingerprint density at radius 3 is 2.50 bits per heavy atom. The Hall–Kier alpha value is -4.07. The van der Waals surface area contributed by atoms with Gasteiger partial charge in [-0.1, -0.05) is 24.3 Å². The smallest absolute Gasteiger partial charge is 0.323 e. The van der Waals surface area contributed by atoms with Crippen LogP contribution in [0.1, 0.15) is 23.2 Å². The SMILES string of the molecule is O=C(NC[C@H](NS(=O)(=O)c1ccccc1)C(=O)O)c1cccc(N2CCC[C@]2(O)CNc2ncccn2)c1. The number of hydrogen-bond acceptors (Lipinski definition) is 9. The van der Waals surface area contributed by atoms with Gasteiger partial charge in [-0.25, -0.2) is 18.4 Å². The Morgan fingerprint density at radius 1 is 1.05 bits per heavy atom. The predicted molar refractivity (Wildman–Crippen MR) is 139 cm³/mol. The van der Waals surface area contributed by atoms with Gasteiger partial charge in [0, 0.05) is 36.7 Å². The van der Waals surface area contributed by atoms with Crippen molar-refractivity contribution in [3.63, 3.8) is 0 Å². The first-order valence-electron chi connectivity index (χ1n) is 11.9. The summed E-state index contributed by atoms with van der Waals surface area (Å²) in [6.45, 7) is 0.246. The van der Waals surface area contributed by atoms with E-state index in [9.17, 15) is 28.2 Å². The molecule has 200 valence electrons. The lowest BCUT2D eigenvalue weighted by molar-refractivity contribution is -0.138. The van der Waals surface area contributed by atoms with Gasteiger partial charge in [0.05, 0.1) is 11.4 Å². The molecule has 38 heavy (non-hydrogen) atoms. The van der Waals surface area contributed by atoms with Crippen LogP contribution >= 0.6 is 0 Å². The third-order valence-electron chi connectivity index (χ3n) is 6.09. The zero-order valence-electron chi connectivity index (χ0n) is 20.3. The standard InChI is InChI=1S/C25H28N6O6S/c32-22(28-16-21(23(33)34)30-38(36,37)20-9-2-1-3-10-20)18-7-4-8-19(15-18)31-14-5-11-25(31,35)17-29-24-26-12-6-13-27-24/h1-4,6-10,12-13,15,21,30,35H,5,11,14,16-17H2,(H,28,32)(H,33,34)(H,26,27,29)/t21-,25-/m0/s1. The van der Waals surface area contributed by atoms with Gasteiger partial charge >= 0.3 is 5.97 Å². The van der Waals surface area contributed by atoms with Crippen molar-refractivity contribution in [2.24, 2.45) is 0 Å². The predicted octanol–water partition coefficient (Wildman–Crippen LogP) is 1.04. The molecule has 12 nitrogen and oxygen atoms in total. The lowest BCUT2D eigenvalue weighted by Gasteiger charge is -2.35. The topological polar surface area (TPSA) is 174 Å². The Kier molecular flexibility index (Phi) is 8.20.